The summed E-state index contributed by atoms with van der Waals surface area (Å²) in [5, 5.41) is 0. The van der Waals surface area contributed by atoms with Gasteiger partial charge >= 0.3 is 6.72 Å². The average molecular weight is 129 g/mol. The van der Waals surface area contributed by atoms with Crippen molar-refractivity contribution in [1.82, 2.24) is 0 Å². The first kappa shape index (κ1) is 6.49. The minimum atomic E-state index is -3.54. The average Bonchev–Trinajstić information content (AvgIpc) is 1.35. The van der Waals surface area contributed by atoms with Gasteiger partial charge in [0.05, 0.1) is 0 Å². The van der Waals surface area contributed by atoms with Crippen LogP contribution in [0.4, 0.5) is 0 Å². The van der Waals surface area contributed by atoms with Crippen molar-refractivity contribution in [3.05, 3.63) is 0 Å². The first-order valence-corrected chi connectivity index (χ1v) is 3.63. The summed E-state index contributed by atoms with van der Waals surface area (Å²) in [6, 6.07) is 0. The fourth-order valence-electron chi connectivity index (χ4n) is 0. The van der Waals surface area contributed by atoms with Crippen molar-refractivity contribution in [2.45, 2.75) is 0 Å². The van der Waals surface area contributed by atoms with Crippen molar-refractivity contribution in [3.8, 4) is 0 Å². The molecule has 0 aliphatic carbocycles. The third kappa shape index (κ3) is 4.49. The maximum absolute atomic E-state index is 7.96. The van der Waals surface area contributed by atoms with E-state index >= 15 is 0 Å². The number of rotatable bonds is 1. The molecule has 0 bridgehead atoms. The zero-order chi connectivity index (χ0) is 5.21. The molecule has 0 fully saturated rings. The highest BCUT2D eigenvalue weighted by molar-refractivity contribution is 8.06. The van der Waals surface area contributed by atoms with Gasteiger partial charge < -0.3 is 9.79 Å². The Bertz CT molecular complexity index is 74.9. The van der Waals surface area contributed by atoms with Gasteiger partial charge in [0, 0.05) is 0 Å². The summed E-state index contributed by atoms with van der Waals surface area (Å²) in [6.45, 7) is -3.54. The van der Waals surface area contributed by atoms with Crippen molar-refractivity contribution < 1.29 is 14.4 Å². The molecule has 0 unspecified atom stereocenters. The van der Waals surface area contributed by atoms with Crippen LogP contribution in [-0.4, -0.2) is 9.79 Å². The van der Waals surface area contributed by atoms with E-state index in [1.54, 1.807) is 0 Å². The standard InChI is InChI=1S/H4NO3PS/c1-4-5(2,3)6/h1H2,(H2,2,3,6). The third-order valence-electron chi connectivity index (χ3n) is 0.137. The highest BCUT2D eigenvalue weighted by Gasteiger charge is 2.01. The van der Waals surface area contributed by atoms with Crippen LogP contribution in [-0.2, 0) is 16.4 Å². The van der Waals surface area contributed by atoms with Crippen LogP contribution >= 0.6 is 6.72 Å². The largest absolute Gasteiger partial charge is 0.338 e. The van der Waals surface area contributed by atoms with Crippen LogP contribution in [0.3, 0.4) is 0 Å². The number of hydrogen-bond acceptors (Lipinski definition) is 3. The number of hydrogen-bond donors (Lipinski definition) is 3. The summed E-state index contributed by atoms with van der Waals surface area (Å²) >= 11 is 3.86. The zero-order valence-corrected chi connectivity index (χ0v) is 4.45. The first-order valence-electron chi connectivity index (χ1n) is 1.00. The first-order chi connectivity index (χ1) is 2.56. The summed E-state index contributed by atoms with van der Waals surface area (Å²) in [5.74, 6) is 4.25. The van der Waals surface area contributed by atoms with E-state index in [2.05, 4.69) is 22.3 Å². The summed E-state index contributed by atoms with van der Waals surface area (Å²) in [5.41, 5.74) is 0. The Labute approximate surface area is 39.8 Å². The minimum Gasteiger partial charge on any atom is -0.324 e. The Morgan fingerprint density at radius 3 is 1.83 bits per heavy atom. The lowest BCUT2D eigenvalue weighted by atomic mass is 13.6. The number of nitrogens with two attached hydrogens (primary N) is 1. The lowest BCUT2D eigenvalue weighted by Gasteiger charge is -1.97. The smallest absolute Gasteiger partial charge is 0.324 e. The minimum absolute atomic E-state index is 3.47. The second-order valence-corrected chi connectivity index (χ2v) is 3.21. The highest BCUT2D eigenvalue weighted by Crippen LogP contribution is 2.32. The van der Waals surface area contributed by atoms with Crippen LogP contribution in [0.5, 0.6) is 0 Å². The van der Waals surface area contributed by atoms with E-state index in [1.165, 1.54) is 0 Å². The molecule has 0 aliphatic heterocycles. The summed E-state index contributed by atoms with van der Waals surface area (Å²) in [7, 11) is 0. The van der Waals surface area contributed by atoms with Gasteiger partial charge in [-0.25, -0.2) is 10.5 Å². The van der Waals surface area contributed by atoms with Crippen LogP contribution in [0.25, 0.3) is 0 Å². The molecular formula is H4NO3PS. The van der Waals surface area contributed by atoms with Crippen molar-refractivity contribution in [2.24, 2.45) is 5.90 Å². The van der Waals surface area contributed by atoms with Gasteiger partial charge in [-0.15, -0.1) is 0 Å². The van der Waals surface area contributed by atoms with E-state index in [0.717, 1.165) is 0 Å². The van der Waals surface area contributed by atoms with Crippen molar-refractivity contribution in [3.63, 3.8) is 0 Å². The lowest BCUT2D eigenvalue weighted by molar-refractivity contribution is 0.260. The van der Waals surface area contributed by atoms with Crippen molar-refractivity contribution in [1.29, 1.82) is 0 Å². The zero-order valence-electron chi connectivity index (χ0n) is 2.74. The van der Waals surface area contributed by atoms with Crippen LogP contribution in [0.2, 0.25) is 0 Å². The highest BCUT2D eigenvalue weighted by atomic mass is 32.5. The van der Waals surface area contributed by atoms with Crippen LogP contribution in [0.1, 0.15) is 0 Å². The Balaban J connectivity index is 3.48. The molecule has 0 spiro atoms. The Morgan fingerprint density at radius 1 is 1.67 bits per heavy atom. The molecule has 6 heteroatoms. The topological polar surface area (TPSA) is 75.7 Å². The van der Waals surface area contributed by atoms with Crippen molar-refractivity contribution >= 4 is 18.5 Å². The molecule has 0 heterocycles. The monoisotopic (exact) mass is 129 g/mol. The summed E-state index contributed by atoms with van der Waals surface area (Å²) in [6.07, 6.45) is 0. The van der Waals surface area contributed by atoms with Gasteiger partial charge in [0.15, 0.2) is 0 Å². The quantitative estimate of drug-likeness (QED) is 0.315. The molecule has 0 saturated heterocycles. The van der Waals surface area contributed by atoms with E-state index < -0.39 is 6.72 Å². The summed E-state index contributed by atoms with van der Waals surface area (Å²) in [4.78, 5) is 15.9. The van der Waals surface area contributed by atoms with Crippen LogP contribution in [0, 0.1) is 0 Å². The normalized spacial score (nSPS) is 11.8. The van der Waals surface area contributed by atoms with E-state index in [9.17, 15) is 0 Å². The molecule has 4 nitrogen and oxygen atoms in total. The fraction of sp³-hybridized carbons (Fsp3) is 0. The maximum atomic E-state index is 7.96. The SMILES string of the molecule is NOP(O)(O)=S. The maximum Gasteiger partial charge on any atom is 0.338 e. The molecule has 0 saturated carbocycles. The predicted octanol–water partition coefficient (Wildman–Crippen LogP) is -0.914. The van der Waals surface area contributed by atoms with Crippen molar-refractivity contribution in [2.75, 3.05) is 0 Å². The van der Waals surface area contributed by atoms with Crippen LogP contribution in [0.15, 0.2) is 0 Å². The lowest BCUT2D eigenvalue weighted by Crippen LogP contribution is -1.93. The van der Waals surface area contributed by atoms with E-state index in [4.69, 9.17) is 9.79 Å². The molecule has 0 aromatic heterocycles. The molecule has 0 aromatic rings. The Kier molecular flexibility index (Phi) is 2.13. The predicted molar refractivity (Wildman–Crippen MR) is 24.0 cm³/mol. The van der Waals surface area contributed by atoms with Crippen LogP contribution < -0.4 is 5.90 Å². The van der Waals surface area contributed by atoms with Gasteiger partial charge in [-0.3, -0.25) is 0 Å². The van der Waals surface area contributed by atoms with E-state index in [-0.39, 0.29) is 0 Å². The molecule has 6 heavy (non-hydrogen) atoms. The molecule has 0 atom stereocenters. The molecule has 0 aliphatic rings. The third-order valence-corrected chi connectivity index (χ3v) is 0.670. The second kappa shape index (κ2) is 1.97. The Hall–Kier alpha value is 0.490. The second-order valence-electron chi connectivity index (χ2n) is 0.596. The van der Waals surface area contributed by atoms with Gasteiger partial charge in [-0.1, -0.05) is 0 Å². The van der Waals surface area contributed by atoms with E-state index in [0.29, 0.717) is 0 Å². The Morgan fingerprint density at radius 2 is 1.83 bits per heavy atom. The molecule has 0 aromatic carbocycles. The molecule has 38 valence electrons. The molecular weight excluding hydrogens is 125 g/mol. The fourth-order valence-corrected chi connectivity index (χ4v) is 0. The van der Waals surface area contributed by atoms with Gasteiger partial charge in [0.1, 0.15) is 0 Å². The summed E-state index contributed by atoms with van der Waals surface area (Å²) < 4.78 is 3.47. The van der Waals surface area contributed by atoms with Gasteiger partial charge in [-0.05, 0) is 11.8 Å². The molecule has 0 amide bonds. The van der Waals surface area contributed by atoms with Gasteiger partial charge in [0.2, 0.25) is 0 Å². The molecule has 0 rings (SSSR count). The van der Waals surface area contributed by atoms with Gasteiger partial charge in [0.25, 0.3) is 0 Å². The molecule has 4 N–H and O–H groups in total. The van der Waals surface area contributed by atoms with Gasteiger partial charge in [-0.2, -0.15) is 0 Å². The van der Waals surface area contributed by atoms with E-state index in [1.807, 2.05) is 0 Å². The molecule has 0 radical (unpaired) electrons.